The van der Waals surface area contributed by atoms with Crippen molar-refractivity contribution in [3.05, 3.63) is 0 Å². The summed E-state index contributed by atoms with van der Waals surface area (Å²) in [7, 11) is 0. The van der Waals surface area contributed by atoms with E-state index >= 15 is 0 Å². The molecule has 0 bridgehead atoms. The Morgan fingerprint density at radius 2 is 2.13 bits per heavy atom. The molecule has 1 aliphatic heterocycles. The average molecular weight is 213 g/mol. The van der Waals surface area contributed by atoms with Crippen molar-refractivity contribution in [3.63, 3.8) is 0 Å². The predicted molar refractivity (Wildman–Crippen MR) is 62.1 cm³/mol. The lowest BCUT2D eigenvalue weighted by Gasteiger charge is -2.34. The lowest BCUT2D eigenvalue weighted by Crippen LogP contribution is -2.39. The first-order valence-corrected chi connectivity index (χ1v) is 5.84. The Bertz CT molecular complexity index is 210. The SMILES string of the molecule is CC1CCN(C(C)CC/C(N)=N/O)CC1. The van der Waals surface area contributed by atoms with Crippen LogP contribution in [0.2, 0.25) is 0 Å². The summed E-state index contributed by atoms with van der Waals surface area (Å²) in [6.45, 7) is 6.93. The van der Waals surface area contributed by atoms with Gasteiger partial charge in [-0.1, -0.05) is 12.1 Å². The van der Waals surface area contributed by atoms with Crippen molar-refractivity contribution in [3.8, 4) is 0 Å². The van der Waals surface area contributed by atoms with Crippen LogP contribution in [0.4, 0.5) is 0 Å². The monoisotopic (exact) mass is 213 g/mol. The Balaban J connectivity index is 2.25. The van der Waals surface area contributed by atoms with Crippen molar-refractivity contribution in [2.75, 3.05) is 13.1 Å². The van der Waals surface area contributed by atoms with E-state index in [2.05, 4.69) is 23.9 Å². The topological polar surface area (TPSA) is 61.8 Å². The van der Waals surface area contributed by atoms with Crippen LogP contribution < -0.4 is 5.73 Å². The van der Waals surface area contributed by atoms with Crippen molar-refractivity contribution < 1.29 is 5.21 Å². The summed E-state index contributed by atoms with van der Waals surface area (Å²) >= 11 is 0. The Kier molecular flexibility index (Phi) is 4.88. The summed E-state index contributed by atoms with van der Waals surface area (Å²) in [4.78, 5) is 2.50. The van der Waals surface area contributed by atoms with Gasteiger partial charge in [-0.2, -0.15) is 0 Å². The van der Waals surface area contributed by atoms with Gasteiger partial charge in [-0.3, -0.25) is 0 Å². The highest BCUT2D eigenvalue weighted by atomic mass is 16.4. The molecule has 1 rings (SSSR count). The number of nitrogens with zero attached hydrogens (tertiary/aromatic N) is 2. The molecule has 1 unspecified atom stereocenters. The fourth-order valence-corrected chi connectivity index (χ4v) is 2.06. The van der Waals surface area contributed by atoms with Gasteiger partial charge in [0.25, 0.3) is 0 Å². The maximum atomic E-state index is 8.44. The van der Waals surface area contributed by atoms with Gasteiger partial charge in [0.1, 0.15) is 5.84 Å². The van der Waals surface area contributed by atoms with E-state index in [9.17, 15) is 0 Å². The molecular formula is C11H23N3O. The Morgan fingerprint density at radius 1 is 1.53 bits per heavy atom. The van der Waals surface area contributed by atoms with Crippen molar-refractivity contribution in [1.82, 2.24) is 4.90 Å². The lowest BCUT2D eigenvalue weighted by molar-refractivity contribution is 0.142. The molecule has 0 aliphatic carbocycles. The summed E-state index contributed by atoms with van der Waals surface area (Å²) in [5, 5.41) is 11.4. The number of amidine groups is 1. The number of hydrogen-bond acceptors (Lipinski definition) is 3. The van der Waals surface area contributed by atoms with E-state index in [1.165, 1.54) is 25.9 Å². The highest BCUT2D eigenvalue weighted by Gasteiger charge is 2.19. The number of rotatable bonds is 4. The fraction of sp³-hybridized carbons (Fsp3) is 0.909. The van der Waals surface area contributed by atoms with Gasteiger partial charge in [0.2, 0.25) is 0 Å². The Hall–Kier alpha value is -0.770. The van der Waals surface area contributed by atoms with E-state index in [4.69, 9.17) is 10.9 Å². The van der Waals surface area contributed by atoms with Crippen LogP contribution in [0, 0.1) is 5.92 Å². The maximum Gasteiger partial charge on any atom is 0.139 e. The third-order valence-corrected chi connectivity index (χ3v) is 3.39. The largest absolute Gasteiger partial charge is 0.409 e. The third kappa shape index (κ3) is 4.08. The van der Waals surface area contributed by atoms with Crippen molar-refractivity contribution in [1.29, 1.82) is 0 Å². The van der Waals surface area contributed by atoms with Crippen LogP contribution in [-0.2, 0) is 0 Å². The number of nitrogens with two attached hydrogens (primary N) is 1. The standard InChI is InChI=1S/C11H23N3O/c1-9-5-7-14(8-6-9)10(2)3-4-11(12)13-15/h9-10,15H,3-8H2,1-2H3,(H2,12,13). The molecule has 1 fully saturated rings. The molecule has 15 heavy (non-hydrogen) atoms. The van der Waals surface area contributed by atoms with Crippen LogP contribution in [0.15, 0.2) is 5.16 Å². The first-order chi connectivity index (χ1) is 7.13. The molecule has 0 spiro atoms. The van der Waals surface area contributed by atoms with Gasteiger partial charge in [-0.15, -0.1) is 0 Å². The second-order valence-corrected chi connectivity index (χ2v) is 4.70. The highest BCUT2D eigenvalue weighted by molar-refractivity contribution is 5.79. The molecule has 0 radical (unpaired) electrons. The van der Waals surface area contributed by atoms with Gasteiger partial charge in [0, 0.05) is 12.5 Å². The summed E-state index contributed by atoms with van der Waals surface area (Å²) in [6.07, 6.45) is 4.26. The molecule has 0 amide bonds. The lowest BCUT2D eigenvalue weighted by atomic mass is 9.97. The van der Waals surface area contributed by atoms with Crippen LogP contribution in [0.3, 0.4) is 0 Å². The van der Waals surface area contributed by atoms with Crippen LogP contribution >= 0.6 is 0 Å². The Morgan fingerprint density at radius 3 is 2.67 bits per heavy atom. The average Bonchev–Trinajstić information content (AvgIpc) is 2.26. The second-order valence-electron chi connectivity index (χ2n) is 4.70. The minimum absolute atomic E-state index is 0.340. The summed E-state index contributed by atoms with van der Waals surface area (Å²) in [5.41, 5.74) is 5.45. The second kappa shape index (κ2) is 5.95. The summed E-state index contributed by atoms with van der Waals surface area (Å²) in [5.74, 6) is 1.21. The normalized spacial score (nSPS) is 22.9. The molecule has 0 aromatic rings. The molecule has 0 aromatic heterocycles. The Labute approximate surface area is 92.1 Å². The van der Waals surface area contributed by atoms with Crippen LogP contribution in [0.25, 0.3) is 0 Å². The quantitative estimate of drug-likeness (QED) is 0.323. The van der Waals surface area contributed by atoms with Gasteiger partial charge < -0.3 is 15.8 Å². The zero-order valence-corrected chi connectivity index (χ0v) is 9.82. The molecule has 0 aromatic carbocycles. The van der Waals surface area contributed by atoms with Crippen molar-refractivity contribution in [2.24, 2.45) is 16.8 Å². The van der Waals surface area contributed by atoms with Gasteiger partial charge in [0.15, 0.2) is 0 Å². The van der Waals surface area contributed by atoms with E-state index < -0.39 is 0 Å². The molecule has 4 heteroatoms. The van der Waals surface area contributed by atoms with E-state index in [0.29, 0.717) is 18.3 Å². The molecule has 1 heterocycles. The maximum absolute atomic E-state index is 8.44. The number of likely N-dealkylation sites (tertiary alicyclic amines) is 1. The molecule has 1 saturated heterocycles. The van der Waals surface area contributed by atoms with Crippen LogP contribution in [0.1, 0.15) is 39.5 Å². The molecule has 1 aliphatic rings. The summed E-state index contributed by atoms with van der Waals surface area (Å²) < 4.78 is 0. The predicted octanol–water partition coefficient (Wildman–Crippen LogP) is 1.63. The van der Waals surface area contributed by atoms with Crippen LogP contribution in [-0.4, -0.2) is 35.1 Å². The molecule has 88 valence electrons. The van der Waals surface area contributed by atoms with E-state index in [-0.39, 0.29) is 0 Å². The van der Waals surface area contributed by atoms with E-state index in [0.717, 1.165) is 12.3 Å². The fourth-order valence-electron chi connectivity index (χ4n) is 2.06. The van der Waals surface area contributed by atoms with Gasteiger partial charge >= 0.3 is 0 Å². The van der Waals surface area contributed by atoms with E-state index in [1.54, 1.807) is 0 Å². The minimum Gasteiger partial charge on any atom is -0.409 e. The van der Waals surface area contributed by atoms with Gasteiger partial charge in [0.05, 0.1) is 0 Å². The molecule has 4 nitrogen and oxygen atoms in total. The zero-order chi connectivity index (χ0) is 11.3. The molecule has 1 atom stereocenters. The van der Waals surface area contributed by atoms with Crippen molar-refractivity contribution in [2.45, 2.75) is 45.6 Å². The first kappa shape index (κ1) is 12.3. The van der Waals surface area contributed by atoms with Gasteiger partial charge in [-0.25, -0.2) is 0 Å². The summed E-state index contributed by atoms with van der Waals surface area (Å²) in [6, 6.07) is 0.540. The minimum atomic E-state index is 0.340. The van der Waals surface area contributed by atoms with Crippen LogP contribution in [0.5, 0.6) is 0 Å². The van der Waals surface area contributed by atoms with Gasteiger partial charge in [-0.05, 0) is 45.2 Å². The number of oxime groups is 1. The number of piperidine rings is 1. The van der Waals surface area contributed by atoms with E-state index in [1.807, 2.05) is 0 Å². The smallest absolute Gasteiger partial charge is 0.139 e. The number of hydrogen-bond donors (Lipinski definition) is 2. The zero-order valence-electron chi connectivity index (χ0n) is 9.82. The molecule has 3 N–H and O–H groups in total. The first-order valence-electron chi connectivity index (χ1n) is 5.84. The molecule has 0 saturated carbocycles. The van der Waals surface area contributed by atoms with Crippen molar-refractivity contribution >= 4 is 5.84 Å². The highest BCUT2D eigenvalue weighted by Crippen LogP contribution is 2.19. The third-order valence-electron chi connectivity index (χ3n) is 3.39. The molecular weight excluding hydrogens is 190 g/mol.